The number of carboxylic acid groups (broad SMARTS) is 1. The van der Waals surface area contributed by atoms with E-state index < -0.39 is 11.4 Å². The third-order valence-corrected chi connectivity index (χ3v) is 5.34. The Kier molecular flexibility index (Phi) is 5.22. The van der Waals surface area contributed by atoms with Gasteiger partial charge in [0.25, 0.3) is 0 Å². The summed E-state index contributed by atoms with van der Waals surface area (Å²) < 4.78 is 0. The summed E-state index contributed by atoms with van der Waals surface area (Å²) in [5.74, 6) is -0.0750. The maximum absolute atomic E-state index is 11.9. The summed E-state index contributed by atoms with van der Waals surface area (Å²) in [7, 11) is 0. The maximum atomic E-state index is 11.9. The van der Waals surface area contributed by atoms with Crippen LogP contribution in [0.1, 0.15) is 44.4 Å². The third kappa shape index (κ3) is 3.61. The normalized spacial score (nSPS) is 26.9. The van der Waals surface area contributed by atoms with Crippen molar-refractivity contribution in [3.05, 3.63) is 22.4 Å². The van der Waals surface area contributed by atoms with Gasteiger partial charge in [-0.3, -0.25) is 9.69 Å². The van der Waals surface area contributed by atoms with Crippen molar-refractivity contribution in [3.63, 3.8) is 0 Å². The molecule has 1 aromatic heterocycles. The molecule has 1 aliphatic carbocycles. The minimum Gasteiger partial charge on any atom is -0.481 e. The van der Waals surface area contributed by atoms with Crippen molar-refractivity contribution >= 4 is 17.3 Å². The number of hydrogen-bond donors (Lipinski definition) is 1. The molecule has 1 aromatic rings. The van der Waals surface area contributed by atoms with E-state index in [1.165, 1.54) is 11.3 Å². The third-order valence-electron chi connectivity index (χ3n) is 4.48. The lowest BCUT2D eigenvalue weighted by atomic mass is 9.69. The quantitative estimate of drug-likeness (QED) is 0.866. The monoisotopic (exact) mass is 295 g/mol. The van der Waals surface area contributed by atoms with Crippen LogP contribution in [0.25, 0.3) is 0 Å². The molecule has 20 heavy (non-hydrogen) atoms. The number of carboxylic acids is 1. The highest BCUT2D eigenvalue weighted by atomic mass is 32.1. The highest BCUT2D eigenvalue weighted by Crippen LogP contribution is 2.40. The van der Waals surface area contributed by atoms with Crippen LogP contribution in [-0.2, 0) is 11.3 Å². The molecule has 0 aromatic carbocycles. The second kappa shape index (κ2) is 6.72. The molecule has 2 atom stereocenters. The Hall–Kier alpha value is -0.870. The van der Waals surface area contributed by atoms with Crippen LogP contribution in [0, 0.1) is 11.3 Å². The molecule has 112 valence electrons. The molecule has 1 saturated carbocycles. The van der Waals surface area contributed by atoms with Gasteiger partial charge < -0.3 is 5.11 Å². The van der Waals surface area contributed by atoms with E-state index in [2.05, 4.69) is 36.3 Å². The van der Waals surface area contributed by atoms with Crippen LogP contribution in [0.3, 0.4) is 0 Å². The van der Waals surface area contributed by atoms with E-state index in [1.807, 2.05) is 0 Å². The van der Waals surface area contributed by atoms with Gasteiger partial charge in [-0.2, -0.15) is 0 Å². The minimum absolute atomic E-state index is 0.528. The maximum Gasteiger partial charge on any atom is 0.310 e. The van der Waals surface area contributed by atoms with Crippen molar-refractivity contribution in [2.24, 2.45) is 11.3 Å². The lowest BCUT2D eigenvalue weighted by Crippen LogP contribution is -2.45. The molecule has 4 heteroatoms. The Bertz CT molecular complexity index is 432. The van der Waals surface area contributed by atoms with Crippen molar-refractivity contribution in [1.29, 1.82) is 0 Å². The molecule has 1 heterocycles. The van der Waals surface area contributed by atoms with Crippen LogP contribution in [0.2, 0.25) is 0 Å². The molecule has 3 nitrogen and oxygen atoms in total. The van der Waals surface area contributed by atoms with Crippen LogP contribution in [0.4, 0.5) is 0 Å². The first-order chi connectivity index (χ1) is 9.55. The van der Waals surface area contributed by atoms with E-state index in [4.69, 9.17) is 0 Å². The lowest BCUT2D eigenvalue weighted by Gasteiger charge is -2.39. The molecule has 0 bridgehead atoms. The molecular formula is C16H25NO2S. The number of thiophene rings is 1. The molecule has 1 aliphatic rings. The van der Waals surface area contributed by atoms with Crippen LogP contribution >= 0.6 is 11.3 Å². The first kappa shape index (κ1) is 15.5. The van der Waals surface area contributed by atoms with Crippen molar-refractivity contribution in [1.82, 2.24) is 4.90 Å². The Labute approximate surface area is 125 Å². The molecule has 1 N–H and O–H groups in total. The molecule has 0 radical (unpaired) electrons. The van der Waals surface area contributed by atoms with Crippen LogP contribution < -0.4 is 0 Å². The van der Waals surface area contributed by atoms with Gasteiger partial charge in [-0.05, 0) is 36.8 Å². The standard InChI is InChI=1S/C16H25NO2S/c1-3-17(11-14-7-5-9-20-14)12-16(15(18)19)8-4-6-13(2)10-16/h5,7,9,13H,3-4,6,8,10-12H2,1-2H3,(H,18,19). The van der Waals surface area contributed by atoms with Crippen molar-refractivity contribution < 1.29 is 9.90 Å². The van der Waals surface area contributed by atoms with Crippen molar-refractivity contribution in [2.45, 2.75) is 46.1 Å². The van der Waals surface area contributed by atoms with E-state index in [1.54, 1.807) is 11.3 Å². The van der Waals surface area contributed by atoms with E-state index in [0.717, 1.165) is 32.4 Å². The Morgan fingerprint density at radius 2 is 2.40 bits per heavy atom. The number of carbonyl (C=O) groups is 1. The smallest absolute Gasteiger partial charge is 0.310 e. The zero-order chi connectivity index (χ0) is 14.6. The minimum atomic E-state index is -0.603. The van der Waals surface area contributed by atoms with Gasteiger partial charge in [-0.1, -0.05) is 32.8 Å². The Morgan fingerprint density at radius 1 is 1.60 bits per heavy atom. The highest BCUT2D eigenvalue weighted by molar-refractivity contribution is 7.09. The number of hydrogen-bond acceptors (Lipinski definition) is 3. The van der Waals surface area contributed by atoms with Crippen molar-refractivity contribution in [3.8, 4) is 0 Å². The number of nitrogens with zero attached hydrogens (tertiary/aromatic N) is 1. The second-order valence-corrected chi connectivity index (χ2v) is 7.20. The Balaban J connectivity index is 2.07. The summed E-state index contributed by atoms with van der Waals surface area (Å²) >= 11 is 1.75. The largest absolute Gasteiger partial charge is 0.481 e. The fourth-order valence-corrected chi connectivity index (χ4v) is 4.14. The summed E-state index contributed by atoms with van der Waals surface area (Å²) in [6.45, 7) is 6.77. The lowest BCUT2D eigenvalue weighted by molar-refractivity contribution is -0.153. The molecule has 0 aliphatic heterocycles. The average molecular weight is 295 g/mol. The summed E-state index contributed by atoms with van der Waals surface area (Å²) in [6.07, 6.45) is 3.87. The zero-order valence-corrected chi connectivity index (χ0v) is 13.3. The number of rotatable bonds is 6. The molecule has 0 spiro atoms. The molecule has 2 unspecified atom stereocenters. The van der Waals surface area contributed by atoms with Gasteiger partial charge in [0, 0.05) is 18.0 Å². The van der Waals surface area contributed by atoms with E-state index in [-0.39, 0.29) is 0 Å². The van der Waals surface area contributed by atoms with Crippen molar-refractivity contribution in [2.75, 3.05) is 13.1 Å². The van der Waals surface area contributed by atoms with Crippen LogP contribution in [0.15, 0.2) is 17.5 Å². The van der Waals surface area contributed by atoms with Gasteiger partial charge in [0.2, 0.25) is 0 Å². The Morgan fingerprint density at radius 3 is 2.95 bits per heavy atom. The fourth-order valence-electron chi connectivity index (χ4n) is 3.40. The first-order valence-corrected chi connectivity index (χ1v) is 8.42. The molecular weight excluding hydrogens is 270 g/mol. The van der Waals surface area contributed by atoms with E-state index >= 15 is 0 Å². The van der Waals surface area contributed by atoms with Gasteiger partial charge in [-0.15, -0.1) is 11.3 Å². The van der Waals surface area contributed by atoms with Gasteiger partial charge >= 0.3 is 5.97 Å². The van der Waals surface area contributed by atoms with Gasteiger partial charge in [-0.25, -0.2) is 0 Å². The van der Waals surface area contributed by atoms with E-state index in [9.17, 15) is 9.90 Å². The predicted octanol–water partition coefficient (Wildman–Crippen LogP) is 3.85. The molecule has 2 rings (SSSR count). The topological polar surface area (TPSA) is 40.5 Å². The summed E-state index contributed by atoms with van der Waals surface area (Å²) in [5, 5.41) is 11.8. The molecule has 1 fully saturated rings. The van der Waals surface area contributed by atoms with Gasteiger partial charge in [0.15, 0.2) is 0 Å². The van der Waals surface area contributed by atoms with Gasteiger partial charge in [0.05, 0.1) is 5.41 Å². The average Bonchev–Trinajstić information content (AvgIpc) is 2.90. The second-order valence-electron chi connectivity index (χ2n) is 6.17. The SMILES string of the molecule is CCN(Cc1cccs1)CC1(C(=O)O)CCCC(C)C1. The molecule has 0 amide bonds. The molecule has 0 saturated heterocycles. The summed E-state index contributed by atoms with van der Waals surface area (Å²) in [5.41, 5.74) is -0.537. The highest BCUT2D eigenvalue weighted by Gasteiger charge is 2.42. The fraction of sp³-hybridized carbons (Fsp3) is 0.688. The number of aliphatic carboxylic acids is 1. The predicted molar refractivity (Wildman–Crippen MR) is 83.0 cm³/mol. The van der Waals surface area contributed by atoms with Gasteiger partial charge in [0.1, 0.15) is 0 Å². The zero-order valence-electron chi connectivity index (χ0n) is 12.5. The first-order valence-electron chi connectivity index (χ1n) is 7.54. The summed E-state index contributed by atoms with van der Waals surface area (Å²) in [6, 6.07) is 4.19. The van der Waals surface area contributed by atoms with Crippen LogP contribution in [-0.4, -0.2) is 29.1 Å². The van der Waals surface area contributed by atoms with Crippen LogP contribution in [0.5, 0.6) is 0 Å². The summed E-state index contributed by atoms with van der Waals surface area (Å²) in [4.78, 5) is 15.5. The van der Waals surface area contributed by atoms with E-state index in [0.29, 0.717) is 12.5 Å².